The molecule has 5 rings (SSSR count). The topological polar surface area (TPSA) is 104 Å². The monoisotopic (exact) mass is 446 g/mol. The Morgan fingerprint density at radius 2 is 1.75 bits per heavy atom. The van der Waals surface area contributed by atoms with E-state index in [0.29, 0.717) is 12.2 Å². The number of sulfone groups is 1. The maximum atomic E-state index is 11.9. The lowest BCUT2D eigenvalue weighted by atomic mass is 10.0. The van der Waals surface area contributed by atoms with Crippen LogP contribution in [0.1, 0.15) is 24.6 Å². The molecular formula is C23H22N6O2S. The summed E-state index contributed by atoms with van der Waals surface area (Å²) in [6, 6.07) is 9.88. The Bertz CT molecular complexity index is 1370. The van der Waals surface area contributed by atoms with Crippen LogP contribution in [0.25, 0.3) is 33.6 Å². The molecule has 4 heterocycles. The molecule has 0 bridgehead atoms. The van der Waals surface area contributed by atoms with Gasteiger partial charge in [0, 0.05) is 40.8 Å². The molecule has 1 fully saturated rings. The lowest BCUT2D eigenvalue weighted by molar-refractivity contribution is 0.435. The molecule has 0 N–H and O–H groups in total. The largest absolute Gasteiger partial charge is 0.268 e. The number of hydrogen-bond acceptors (Lipinski definition) is 7. The van der Waals surface area contributed by atoms with E-state index in [1.807, 2.05) is 43.5 Å². The van der Waals surface area contributed by atoms with Gasteiger partial charge in [-0.1, -0.05) is 18.2 Å². The third kappa shape index (κ3) is 4.29. The van der Waals surface area contributed by atoms with Gasteiger partial charge in [0.2, 0.25) is 0 Å². The summed E-state index contributed by atoms with van der Waals surface area (Å²) in [7, 11) is -2.99. The van der Waals surface area contributed by atoms with Gasteiger partial charge < -0.3 is 0 Å². The average molecular weight is 447 g/mol. The van der Waals surface area contributed by atoms with Gasteiger partial charge in [0.25, 0.3) is 0 Å². The van der Waals surface area contributed by atoms with E-state index in [4.69, 9.17) is 0 Å². The van der Waals surface area contributed by atoms with Crippen LogP contribution in [-0.4, -0.2) is 49.9 Å². The maximum Gasteiger partial charge on any atom is 0.159 e. The highest BCUT2D eigenvalue weighted by Crippen LogP contribution is 2.27. The van der Waals surface area contributed by atoms with Crippen molar-refractivity contribution in [3.63, 3.8) is 0 Å². The quantitative estimate of drug-likeness (QED) is 0.472. The van der Waals surface area contributed by atoms with Gasteiger partial charge in [-0.3, -0.25) is 4.68 Å². The summed E-state index contributed by atoms with van der Waals surface area (Å²) >= 11 is 0. The first-order valence-corrected chi connectivity index (χ1v) is 12.3. The molecule has 32 heavy (non-hydrogen) atoms. The third-order valence-electron chi connectivity index (χ3n) is 5.63. The Morgan fingerprint density at radius 3 is 2.53 bits per heavy atom. The van der Waals surface area contributed by atoms with Crippen LogP contribution in [0.3, 0.4) is 0 Å². The Kier molecular flexibility index (Phi) is 5.26. The third-order valence-corrected chi connectivity index (χ3v) is 7.43. The van der Waals surface area contributed by atoms with E-state index < -0.39 is 9.84 Å². The van der Waals surface area contributed by atoms with Crippen molar-refractivity contribution in [2.24, 2.45) is 0 Å². The van der Waals surface area contributed by atoms with E-state index in [-0.39, 0.29) is 17.5 Å². The summed E-state index contributed by atoms with van der Waals surface area (Å²) in [4.78, 5) is 9.10. The Hall–Kier alpha value is -3.46. The lowest BCUT2D eigenvalue weighted by Gasteiger charge is -2.22. The SMILES string of the molecule is Cc1cc(-c2cccc(-c3ncc(-c4cnn(C5CCCS(=O)(=O)C5)c4)cn3)c2)cnn1. The van der Waals surface area contributed by atoms with Crippen LogP contribution >= 0.6 is 0 Å². The van der Waals surface area contributed by atoms with Gasteiger partial charge in [-0.25, -0.2) is 18.4 Å². The predicted molar refractivity (Wildman–Crippen MR) is 121 cm³/mol. The zero-order valence-corrected chi connectivity index (χ0v) is 18.4. The summed E-state index contributed by atoms with van der Waals surface area (Å²) in [6.07, 6.45) is 10.4. The van der Waals surface area contributed by atoms with Crippen LogP contribution in [0.2, 0.25) is 0 Å². The minimum Gasteiger partial charge on any atom is -0.268 e. The second-order valence-corrected chi connectivity index (χ2v) is 10.3. The number of benzene rings is 1. The molecular weight excluding hydrogens is 424 g/mol. The lowest BCUT2D eigenvalue weighted by Crippen LogP contribution is -2.27. The first kappa shape index (κ1) is 20.4. The van der Waals surface area contributed by atoms with Crippen molar-refractivity contribution in [1.29, 1.82) is 0 Å². The molecule has 1 aliphatic heterocycles. The van der Waals surface area contributed by atoms with Crippen molar-refractivity contribution in [2.45, 2.75) is 25.8 Å². The summed E-state index contributed by atoms with van der Waals surface area (Å²) in [6.45, 7) is 1.91. The van der Waals surface area contributed by atoms with Gasteiger partial charge in [-0.15, -0.1) is 0 Å². The predicted octanol–water partition coefficient (Wildman–Crippen LogP) is 3.52. The molecule has 1 saturated heterocycles. The average Bonchev–Trinajstić information content (AvgIpc) is 3.29. The smallest absolute Gasteiger partial charge is 0.159 e. The summed E-state index contributed by atoms with van der Waals surface area (Å²) in [5.74, 6) is 1.04. The molecule has 1 unspecified atom stereocenters. The van der Waals surface area contributed by atoms with Crippen molar-refractivity contribution in [3.05, 3.63) is 67.0 Å². The number of rotatable bonds is 4. The minimum atomic E-state index is -2.99. The molecule has 1 aliphatic rings. The van der Waals surface area contributed by atoms with E-state index in [1.54, 1.807) is 29.5 Å². The van der Waals surface area contributed by atoms with Gasteiger partial charge in [-0.2, -0.15) is 15.3 Å². The van der Waals surface area contributed by atoms with Crippen LogP contribution in [0.4, 0.5) is 0 Å². The van der Waals surface area contributed by atoms with Crippen LogP contribution in [0.5, 0.6) is 0 Å². The number of nitrogens with zero attached hydrogens (tertiary/aromatic N) is 6. The molecule has 0 saturated carbocycles. The first-order valence-electron chi connectivity index (χ1n) is 10.4. The fourth-order valence-electron chi connectivity index (χ4n) is 3.99. The van der Waals surface area contributed by atoms with E-state index in [1.165, 1.54) is 0 Å². The van der Waals surface area contributed by atoms with Crippen molar-refractivity contribution in [1.82, 2.24) is 29.9 Å². The van der Waals surface area contributed by atoms with Gasteiger partial charge >= 0.3 is 0 Å². The molecule has 1 aromatic carbocycles. The standard InChI is InChI=1S/C23H22N6O2S/c1-16-8-19(12-26-28-16)17-4-2-5-18(9-17)23-24-10-20(11-25-23)21-13-27-29(14-21)22-6-3-7-32(30,31)15-22/h2,4-5,8-14,22H,3,6-7,15H2,1H3. The van der Waals surface area contributed by atoms with Crippen LogP contribution in [-0.2, 0) is 9.84 Å². The Balaban J connectivity index is 1.37. The van der Waals surface area contributed by atoms with Crippen molar-refractivity contribution >= 4 is 9.84 Å². The van der Waals surface area contributed by atoms with Gasteiger partial charge in [0.1, 0.15) is 0 Å². The summed E-state index contributed by atoms with van der Waals surface area (Å²) in [5.41, 5.74) is 5.49. The van der Waals surface area contributed by atoms with E-state index in [9.17, 15) is 8.42 Å². The molecule has 0 amide bonds. The molecule has 8 nitrogen and oxygen atoms in total. The normalized spacial score (nSPS) is 17.8. The van der Waals surface area contributed by atoms with E-state index >= 15 is 0 Å². The van der Waals surface area contributed by atoms with E-state index in [2.05, 4.69) is 25.3 Å². The molecule has 0 spiro atoms. The molecule has 4 aromatic rings. The fraction of sp³-hybridized carbons (Fsp3) is 0.261. The highest BCUT2D eigenvalue weighted by atomic mass is 32.2. The van der Waals surface area contributed by atoms with Crippen LogP contribution in [0, 0.1) is 6.92 Å². The molecule has 1 atom stereocenters. The Morgan fingerprint density at radius 1 is 0.938 bits per heavy atom. The molecule has 0 aliphatic carbocycles. The first-order chi connectivity index (χ1) is 15.5. The molecule has 3 aromatic heterocycles. The zero-order chi connectivity index (χ0) is 22.1. The van der Waals surface area contributed by atoms with Crippen molar-refractivity contribution < 1.29 is 8.42 Å². The second-order valence-electron chi connectivity index (χ2n) is 8.08. The minimum absolute atomic E-state index is 0.114. The van der Waals surface area contributed by atoms with Gasteiger partial charge in [0.15, 0.2) is 15.7 Å². The number of hydrogen-bond donors (Lipinski definition) is 0. The Labute approximate surface area is 186 Å². The van der Waals surface area contributed by atoms with Crippen molar-refractivity contribution in [2.75, 3.05) is 11.5 Å². The number of aromatic nitrogens is 6. The maximum absolute atomic E-state index is 11.9. The van der Waals surface area contributed by atoms with Crippen LogP contribution < -0.4 is 0 Å². The van der Waals surface area contributed by atoms with Crippen LogP contribution in [0.15, 0.2) is 61.3 Å². The highest BCUT2D eigenvalue weighted by molar-refractivity contribution is 7.91. The molecule has 0 radical (unpaired) electrons. The van der Waals surface area contributed by atoms with Gasteiger partial charge in [0.05, 0.1) is 35.6 Å². The molecule has 162 valence electrons. The second kappa shape index (κ2) is 8.23. The van der Waals surface area contributed by atoms with Gasteiger partial charge in [-0.05, 0) is 37.5 Å². The summed E-state index contributed by atoms with van der Waals surface area (Å²) < 4.78 is 25.7. The zero-order valence-electron chi connectivity index (χ0n) is 17.6. The fourth-order valence-corrected chi connectivity index (χ4v) is 5.67. The number of aryl methyl sites for hydroxylation is 1. The molecule has 9 heteroatoms. The van der Waals surface area contributed by atoms with E-state index in [0.717, 1.165) is 39.9 Å². The van der Waals surface area contributed by atoms with Crippen molar-refractivity contribution in [3.8, 4) is 33.6 Å². The summed E-state index contributed by atoms with van der Waals surface area (Å²) in [5, 5.41) is 12.4. The highest BCUT2D eigenvalue weighted by Gasteiger charge is 2.26.